The SMILES string of the molecule is CNCC(OC(C)C(F)(F)F)c1ccccc1. The second-order valence-corrected chi connectivity index (χ2v) is 3.78. The van der Waals surface area contributed by atoms with Crippen molar-refractivity contribution in [3.05, 3.63) is 35.9 Å². The average Bonchev–Trinajstić information content (AvgIpc) is 2.28. The fraction of sp³-hybridized carbons (Fsp3) is 0.500. The Morgan fingerprint density at radius 1 is 1.24 bits per heavy atom. The van der Waals surface area contributed by atoms with E-state index in [1.54, 1.807) is 31.3 Å². The van der Waals surface area contributed by atoms with E-state index in [1.165, 1.54) is 0 Å². The predicted molar refractivity (Wildman–Crippen MR) is 59.7 cm³/mol. The molecule has 0 amide bonds. The van der Waals surface area contributed by atoms with E-state index in [1.807, 2.05) is 6.07 Å². The summed E-state index contributed by atoms with van der Waals surface area (Å²) in [7, 11) is 1.68. The third-order valence-electron chi connectivity index (χ3n) is 2.39. The monoisotopic (exact) mass is 247 g/mol. The third-order valence-corrected chi connectivity index (χ3v) is 2.39. The predicted octanol–water partition coefficient (Wildman–Crippen LogP) is 2.91. The van der Waals surface area contributed by atoms with Crippen molar-refractivity contribution in [2.45, 2.75) is 25.3 Å². The Morgan fingerprint density at radius 3 is 2.29 bits per heavy atom. The summed E-state index contributed by atoms with van der Waals surface area (Å²) in [6.07, 6.45) is -6.71. The summed E-state index contributed by atoms with van der Waals surface area (Å²) in [4.78, 5) is 0. The van der Waals surface area contributed by atoms with Crippen molar-refractivity contribution in [3.63, 3.8) is 0 Å². The number of halogens is 3. The van der Waals surface area contributed by atoms with Gasteiger partial charge < -0.3 is 10.1 Å². The minimum absolute atomic E-state index is 0.338. The first-order valence-electron chi connectivity index (χ1n) is 5.37. The fourth-order valence-electron chi connectivity index (χ4n) is 1.42. The van der Waals surface area contributed by atoms with E-state index >= 15 is 0 Å². The second kappa shape index (κ2) is 6.02. The van der Waals surface area contributed by atoms with Gasteiger partial charge in [0, 0.05) is 6.54 Å². The molecule has 1 aromatic carbocycles. The molecule has 1 N–H and O–H groups in total. The van der Waals surface area contributed by atoms with Gasteiger partial charge in [-0.15, -0.1) is 0 Å². The topological polar surface area (TPSA) is 21.3 Å². The van der Waals surface area contributed by atoms with E-state index in [4.69, 9.17) is 4.74 Å². The van der Waals surface area contributed by atoms with E-state index in [0.29, 0.717) is 6.54 Å². The van der Waals surface area contributed by atoms with Gasteiger partial charge in [0.25, 0.3) is 0 Å². The number of hydrogen-bond donors (Lipinski definition) is 1. The Morgan fingerprint density at radius 2 is 1.82 bits per heavy atom. The minimum atomic E-state index is -4.33. The molecular weight excluding hydrogens is 231 g/mol. The van der Waals surface area contributed by atoms with Gasteiger partial charge in [0.15, 0.2) is 6.10 Å². The van der Waals surface area contributed by atoms with Crippen LogP contribution in [0.3, 0.4) is 0 Å². The van der Waals surface area contributed by atoms with E-state index in [0.717, 1.165) is 12.5 Å². The van der Waals surface area contributed by atoms with Crippen LogP contribution in [0, 0.1) is 0 Å². The summed E-state index contributed by atoms with van der Waals surface area (Å²) in [6, 6.07) is 8.88. The number of rotatable bonds is 5. The van der Waals surface area contributed by atoms with Crippen LogP contribution in [-0.2, 0) is 4.74 Å². The summed E-state index contributed by atoms with van der Waals surface area (Å²) < 4.78 is 42.3. The first-order valence-corrected chi connectivity index (χ1v) is 5.37. The van der Waals surface area contributed by atoms with Crippen LogP contribution in [0.15, 0.2) is 30.3 Å². The largest absolute Gasteiger partial charge is 0.414 e. The van der Waals surface area contributed by atoms with Crippen molar-refractivity contribution in [2.75, 3.05) is 13.6 Å². The van der Waals surface area contributed by atoms with Crippen molar-refractivity contribution >= 4 is 0 Å². The fourth-order valence-corrected chi connectivity index (χ4v) is 1.42. The number of ether oxygens (including phenoxy) is 1. The molecule has 0 fully saturated rings. The van der Waals surface area contributed by atoms with Crippen LogP contribution in [0.1, 0.15) is 18.6 Å². The number of likely N-dealkylation sites (N-methyl/N-ethyl adjacent to an activating group) is 1. The molecule has 1 aromatic rings. The van der Waals surface area contributed by atoms with Crippen LogP contribution in [0.5, 0.6) is 0 Å². The maximum atomic E-state index is 12.4. The molecule has 0 aliphatic heterocycles. The van der Waals surface area contributed by atoms with Crippen molar-refractivity contribution in [1.29, 1.82) is 0 Å². The van der Waals surface area contributed by atoms with Gasteiger partial charge in [-0.25, -0.2) is 0 Å². The Labute approximate surface area is 98.8 Å². The van der Waals surface area contributed by atoms with Crippen LogP contribution >= 0.6 is 0 Å². The second-order valence-electron chi connectivity index (χ2n) is 3.78. The molecule has 0 aliphatic carbocycles. The first kappa shape index (κ1) is 14.0. The molecule has 0 spiro atoms. The number of alkyl halides is 3. The van der Waals surface area contributed by atoms with Crippen molar-refractivity contribution < 1.29 is 17.9 Å². The molecule has 17 heavy (non-hydrogen) atoms. The lowest BCUT2D eigenvalue weighted by Gasteiger charge is -2.24. The van der Waals surface area contributed by atoms with E-state index in [9.17, 15) is 13.2 Å². The number of benzene rings is 1. The molecule has 2 nitrogen and oxygen atoms in total. The Bertz CT molecular complexity index is 326. The molecule has 2 unspecified atom stereocenters. The lowest BCUT2D eigenvalue weighted by molar-refractivity contribution is -0.227. The minimum Gasteiger partial charge on any atom is -0.360 e. The Balaban J connectivity index is 2.74. The summed E-state index contributed by atoms with van der Waals surface area (Å²) in [5.74, 6) is 0. The Hall–Kier alpha value is -1.07. The van der Waals surface area contributed by atoms with E-state index in [2.05, 4.69) is 5.32 Å². The zero-order valence-electron chi connectivity index (χ0n) is 9.79. The smallest absolute Gasteiger partial charge is 0.360 e. The molecule has 0 radical (unpaired) electrons. The third kappa shape index (κ3) is 4.36. The molecule has 0 aromatic heterocycles. The zero-order chi connectivity index (χ0) is 12.9. The van der Waals surface area contributed by atoms with Gasteiger partial charge >= 0.3 is 6.18 Å². The quantitative estimate of drug-likeness (QED) is 0.863. The molecule has 96 valence electrons. The molecule has 0 aliphatic rings. The molecule has 2 atom stereocenters. The molecule has 0 saturated heterocycles. The highest BCUT2D eigenvalue weighted by atomic mass is 19.4. The molecule has 1 rings (SSSR count). The average molecular weight is 247 g/mol. The number of nitrogens with one attached hydrogen (secondary N) is 1. The standard InChI is InChI=1S/C12H16F3NO/c1-9(12(13,14)15)17-11(8-16-2)10-6-4-3-5-7-10/h3-7,9,11,16H,8H2,1-2H3. The highest BCUT2D eigenvalue weighted by molar-refractivity contribution is 5.18. The van der Waals surface area contributed by atoms with Crippen LogP contribution in [-0.4, -0.2) is 25.9 Å². The van der Waals surface area contributed by atoms with Crippen molar-refractivity contribution in [3.8, 4) is 0 Å². The summed E-state index contributed by atoms with van der Waals surface area (Å²) in [6.45, 7) is 1.36. The molecular formula is C12H16F3NO. The van der Waals surface area contributed by atoms with E-state index < -0.39 is 18.4 Å². The van der Waals surface area contributed by atoms with Gasteiger partial charge in [0.1, 0.15) is 0 Å². The zero-order valence-corrected chi connectivity index (χ0v) is 9.79. The first-order chi connectivity index (χ1) is 7.95. The van der Waals surface area contributed by atoms with Gasteiger partial charge in [-0.3, -0.25) is 0 Å². The number of hydrogen-bond acceptors (Lipinski definition) is 2. The van der Waals surface area contributed by atoms with Crippen LogP contribution in [0.4, 0.5) is 13.2 Å². The molecule has 0 heterocycles. The van der Waals surface area contributed by atoms with Gasteiger partial charge in [0.05, 0.1) is 6.10 Å². The van der Waals surface area contributed by atoms with Crippen molar-refractivity contribution in [2.24, 2.45) is 0 Å². The Kier molecular flexibility index (Phi) is 4.96. The molecule has 5 heteroatoms. The van der Waals surface area contributed by atoms with Crippen molar-refractivity contribution in [1.82, 2.24) is 5.32 Å². The highest BCUT2D eigenvalue weighted by Gasteiger charge is 2.38. The highest BCUT2D eigenvalue weighted by Crippen LogP contribution is 2.27. The van der Waals surface area contributed by atoms with Crippen LogP contribution < -0.4 is 5.32 Å². The van der Waals surface area contributed by atoms with Gasteiger partial charge in [-0.05, 0) is 19.5 Å². The van der Waals surface area contributed by atoms with E-state index in [-0.39, 0.29) is 0 Å². The van der Waals surface area contributed by atoms with Gasteiger partial charge in [-0.2, -0.15) is 13.2 Å². The lowest BCUT2D eigenvalue weighted by Crippen LogP contribution is -2.32. The maximum Gasteiger partial charge on any atom is 0.414 e. The maximum absolute atomic E-state index is 12.4. The summed E-state index contributed by atoms with van der Waals surface area (Å²) in [5, 5.41) is 2.83. The molecule has 0 bridgehead atoms. The summed E-state index contributed by atoms with van der Waals surface area (Å²) >= 11 is 0. The summed E-state index contributed by atoms with van der Waals surface area (Å²) in [5.41, 5.74) is 0.734. The van der Waals surface area contributed by atoms with Gasteiger partial charge in [-0.1, -0.05) is 30.3 Å². The lowest BCUT2D eigenvalue weighted by atomic mass is 10.1. The van der Waals surface area contributed by atoms with Crippen LogP contribution in [0.2, 0.25) is 0 Å². The van der Waals surface area contributed by atoms with Crippen LogP contribution in [0.25, 0.3) is 0 Å². The van der Waals surface area contributed by atoms with Gasteiger partial charge in [0.2, 0.25) is 0 Å². The normalized spacial score (nSPS) is 15.6. The molecule has 0 saturated carbocycles.